The quantitative estimate of drug-likeness (QED) is 0.695. The summed E-state index contributed by atoms with van der Waals surface area (Å²) >= 11 is 0. The van der Waals surface area contributed by atoms with Crippen molar-refractivity contribution in [3.8, 4) is 11.5 Å². The predicted octanol–water partition coefficient (Wildman–Crippen LogP) is 0.574. The number of anilines is 1. The Hall–Kier alpha value is -1.56. The Morgan fingerprint density at radius 2 is 1.94 bits per heavy atom. The molecule has 0 atom stereocenters. The largest absolute Gasteiger partial charge is 0.486 e. The van der Waals surface area contributed by atoms with Crippen LogP contribution in [0.3, 0.4) is 0 Å². The Labute approximate surface area is 103 Å². The summed E-state index contributed by atoms with van der Waals surface area (Å²) in [5.41, 5.74) is 0.401. The highest BCUT2D eigenvalue weighted by Crippen LogP contribution is 2.35. The lowest BCUT2D eigenvalue weighted by Crippen LogP contribution is -2.18. The Kier molecular flexibility index (Phi) is 3.56. The van der Waals surface area contributed by atoms with Gasteiger partial charge in [-0.25, -0.2) is 0 Å². The van der Waals surface area contributed by atoms with Crippen molar-refractivity contribution in [3.05, 3.63) is 18.2 Å². The van der Waals surface area contributed by atoms with Gasteiger partial charge in [-0.15, -0.1) is 0 Å². The molecule has 1 amide bonds. The van der Waals surface area contributed by atoms with Crippen molar-refractivity contribution in [1.82, 2.24) is 0 Å². The van der Waals surface area contributed by atoms with Crippen LogP contribution in [-0.2, 0) is 9.36 Å². The smallest absolute Gasteiger partial charge is 0.334 e. The fourth-order valence-electron chi connectivity index (χ4n) is 1.51. The van der Waals surface area contributed by atoms with Crippen LogP contribution >= 0.6 is 7.60 Å². The Balaban J connectivity index is 2.06. The average molecular weight is 273 g/mol. The molecule has 0 radical (unpaired) electrons. The summed E-state index contributed by atoms with van der Waals surface area (Å²) in [5.74, 6) is 0.324. The van der Waals surface area contributed by atoms with Crippen LogP contribution in [0, 0.1) is 0 Å². The molecular weight excluding hydrogens is 261 g/mol. The molecule has 1 heterocycles. The summed E-state index contributed by atoms with van der Waals surface area (Å²) in [7, 11) is -4.35. The van der Waals surface area contributed by atoms with Crippen LogP contribution in [0.25, 0.3) is 0 Å². The van der Waals surface area contributed by atoms with Gasteiger partial charge in [-0.05, 0) is 12.1 Å². The first-order valence-corrected chi connectivity index (χ1v) is 6.98. The number of nitrogens with one attached hydrogen (secondary N) is 1. The highest BCUT2D eigenvalue weighted by atomic mass is 31.2. The van der Waals surface area contributed by atoms with Gasteiger partial charge >= 0.3 is 7.60 Å². The van der Waals surface area contributed by atoms with E-state index in [1.54, 1.807) is 18.2 Å². The van der Waals surface area contributed by atoms with Gasteiger partial charge < -0.3 is 24.6 Å². The lowest BCUT2D eigenvalue weighted by atomic mass is 10.2. The summed E-state index contributed by atoms with van der Waals surface area (Å²) in [6.07, 6.45) is -0.846. The van der Waals surface area contributed by atoms with Crippen molar-refractivity contribution < 1.29 is 28.6 Å². The standard InChI is InChI=1S/C10H12NO6P/c12-10(6-18(13,14)15)11-7-1-2-8-9(5-7)17-4-3-16-8/h1-2,5H,3-4,6H2,(H,11,12)(H2,13,14,15). The van der Waals surface area contributed by atoms with Gasteiger partial charge in [-0.1, -0.05) is 0 Å². The predicted molar refractivity (Wildman–Crippen MR) is 63.0 cm³/mol. The molecule has 0 spiro atoms. The number of ether oxygens (including phenoxy) is 2. The molecule has 3 N–H and O–H groups in total. The third-order valence-corrected chi connectivity index (χ3v) is 2.87. The van der Waals surface area contributed by atoms with E-state index in [0.29, 0.717) is 30.4 Å². The Morgan fingerprint density at radius 1 is 1.28 bits per heavy atom. The molecule has 1 aromatic carbocycles. The molecule has 1 aliphatic heterocycles. The second kappa shape index (κ2) is 4.97. The number of fused-ring (bicyclic) bond motifs is 1. The summed E-state index contributed by atoms with van der Waals surface area (Å²) in [4.78, 5) is 28.6. The van der Waals surface area contributed by atoms with E-state index < -0.39 is 19.7 Å². The van der Waals surface area contributed by atoms with E-state index in [4.69, 9.17) is 19.3 Å². The van der Waals surface area contributed by atoms with Gasteiger partial charge in [0.05, 0.1) is 0 Å². The molecular formula is C10H12NO6P. The average Bonchev–Trinajstić information content (AvgIpc) is 2.26. The van der Waals surface area contributed by atoms with E-state index in [1.807, 2.05) is 0 Å². The van der Waals surface area contributed by atoms with E-state index in [-0.39, 0.29) is 0 Å². The van der Waals surface area contributed by atoms with Crippen LogP contribution in [0.2, 0.25) is 0 Å². The van der Waals surface area contributed by atoms with Crippen LogP contribution in [-0.4, -0.2) is 35.1 Å². The number of benzene rings is 1. The third-order valence-electron chi connectivity index (χ3n) is 2.18. The Morgan fingerprint density at radius 3 is 2.61 bits per heavy atom. The first-order chi connectivity index (χ1) is 8.44. The van der Waals surface area contributed by atoms with Crippen LogP contribution in [0.15, 0.2) is 18.2 Å². The zero-order chi connectivity index (χ0) is 13.2. The lowest BCUT2D eigenvalue weighted by Gasteiger charge is -2.19. The maximum absolute atomic E-state index is 11.3. The van der Waals surface area contributed by atoms with E-state index in [2.05, 4.69) is 5.32 Å². The minimum absolute atomic E-state index is 0.401. The SMILES string of the molecule is O=C(CP(=O)(O)O)Nc1ccc2c(c1)OCCO2. The molecule has 2 rings (SSSR count). The summed E-state index contributed by atoms with van der Waals surface area (Å²) in [5, 5.41) is 2.38. The van der Waals surface area contributed by atoms with Gasteiger partial charge in [-0.3, -0.25) is 9.36 Å². The van der Waals surface area contributed by atoms with Crippen molar-refractivity contribution in [1.29, 1.82) is 0 Å². The zero-order valence-corrected chi connectivity index (χ0v) is 10.2. The Bertz CT molecular complexity index is 511. The van der Waals surface area contributed by atoms with Gasteiger partial charge in [-0.2, -0.15) is 0 Å². The summed E-state index contributed by atoms with van der Waals surface area (Å²) in [6.45, 7) is 0.893. The highest BCUT2D eigenvalue weighted by molar-refractivity contribution is 7.52. The third kappa shape index (κ3) is 3.46. The maximum Gasteiger partial charge on any atom is 0.334 e. The van der Waals surface area contributed by atoms with E-state index >= 15 is 0 Å². The van der Waals surface area contributed by atoms with Crippen LogP contribution in [0.5, 0.6) is 11.5 Å². The van der Waals surface area contributed by atoms with Gasteiger partial charge in [0, 0.05) is 11.8 Å². The zero-order valence-electron chi connectivity index (χ0n) is 9.33. The van der Waals surface area contributed by atoms with E-state index in [9.17, 15) is 9.36 Å². The fraction of sp³-hybridized carbons (Fsp3) is 0.300. The number of hydrogen-bond acceptors (Lipinski definition) is 4. The van der Waals surface area contributed by atoms with Crippen molar-refractivity contribution >= 4 is 19.2 Å². The second-order valence-corrected chi connectivity index (χ2v) is 5.38. The lowest BCUT2D eigenvalue weighted by molar-refractivity contribution is -0.114. The van der Waals surface area contributed by atoms with Crippen molar-refractivity contribution in [3.63, 3.8) is 0 Å². The molecule has 0 saturated carbocycles. The number of rotatable bonds is 3. The van der Waals surface area contributed by atoms with E-state index in [0.717, 1.165) is 0 Å². The molecule has 18 heavy (non-hydrogen) atoms. The molecule has 0 saturated heterocycles. The molecule has 0 unspecified atom stereocenters. The molecule has 0 fully saturated rings. The van der Waals surface area contributed by atoms with Gasteiger partial charge in [0.15, 0.2) is 11.5 Å². The number of carbonyl (C=O) groups is 1. The molecule has 0 aromatic heterocycles. The van der Waals surface area contributed by atoms with Crippen molar-refractivity contribution in [2.24, 2.45) is 0 Å². The second-order valence-electron chi connectivity index (χ2n) is 3.73. The monoisotopic (exact) mass is 273 g/mol. The molecule has 0 bridgehead atoms. The normalized spacial score (nSPS) is 14.1. The van der Waals surface area contributed by atoms with Crippen molar-refractivity contribution in [2.45, 2.75) is 0 Å². The van der Waals surface area contributed by atoms with Gasteiger partial charge in [0.2, 0.25) is 5.91 Å². The molecule has 7 nitrogen and oxygen atoms in total. The van der Waals surface area contributed by atoms with Crippen LogP contribution in [0.4, 0.5) is 5.69 Å². The minimum Gasteiger partial charge on any atom is -0.486 e. The highest BCUT2D eigenvalue weighted by Gasteiger charge is 2.19. The van der Waals surface area contributed by atoms with Crippen LogP contribution in [0.1, 0.15) is 0 Å². The molecule has 98 valence electrons. The molecule has 1 aromatic rings. The molecule has 0 aliphatic carbocycles. The first kappa shape index (κ1) is 12.9. The van der Waals surface area contributed by atoms with Crippen LogP contribution < -0.4 is 14.8 Å². The maximum atomic E-state index is 11.3. The topological polar surface area (TPSA) is 105 Å². The number of carbonyl (C=O) groups excluding carboxylic acids is 1. The van der Waals surface area contributed by atoms with Gasteiger partial charge in [0.1, 0.15) is 19.4 Å². The van der Waals surface area contributed by atoms with E-state index in [1.165, 1.54) is 0 Å². The number of amides is 1. The molecule has 1 aliphatic rings. The fourth-order valence-corrected chi connectivity index (χ4v) is 1.96. The first-order valence-electron chi connectivity index (χ1n) is 5.18. The van der Waals surface area contributed by atoms with Crippen molar-refractivity contribution in [2.75, 3.05) is 24.7 Å². The summed E-state index contributed by atoms with van der Waals surface area (Å²) < 4.78 is 21.3. The minimum atomic E-state index is -4.35. The van der Waals surface area contributed by atoms with Gasteiger partial charge in [0.25, 0.3) is 0 Å². The number of hydrogen-bond donors (Lipinski definition) is 3. The summed E-state index contributed by atoms with van der Waals surface area (Å²) in [6, 6.07) is 4.75. The molecule has 8 heteroatoms.